The highest BCUT2D eigenvalue weighted by molar-refractivity contribution is 6.39. The van der Waals surface area contributed by atoms with Crippen molar-refractivity contribution in [1.82, 2.24) is 9.88 Å². The molecular weight excluding hydrogens is 366 g/mol. The van der Waals surface area contributed by atoms with Crippen molar-refractivity contribution < 1.29 is 9.59 Å². The molecule has 1 aliphatic carbocycles. The lowest BCUT2D eigenvalue weighted by Gasteiger charge is -2.34. The number of anilines is 1. The third kappa shape index (κ3) is 4.94. The van der Waals surface area contributed by atoms with E-state index in [-0.39, 0.29) is 23.2 Å². The summed E-state index contributed by atoms with van der Waals surface area (Å²) in [5.74, 6) is -0.669. The summed E-state index contributed by atoms with van der Waals surface area (Å²) in [5.41, 5.74) is 1.87. The topological polar surface area (TPSA) is 80.2 Å². The molecule has 3 unspecified atom stereocenters. The minimum atomic E-state index is -0.823. The number of carbonyl (C=O) groups excluding carboxylic acids is 2. The van der Waals surface area contributed by atoms with Crippen LogP contribution in [-0.2, 0) is 16.6 Å². The van der Waals surface area contributed by atoms with Crippen LogP contribution in [0.5, 0.6) is 0 Å². The SMILES string of the molecule is Cc1ccccc1C(NC(=O)C(=O)Nc1cccn(C)c1=O)C1CCCC(C)C1. The van der Waals surface area contributed by atoms with Crippen molar-refractivity contribution >= 4 is 17.5 Å². The summed E-state index contributed by atoms with van der Waals surface area (Å²) in [6.07, 6.45) is 5.94. The first-order chi connectivity index (χ1) is 13.9. The summed E-state index contributed by atoms with van der Waals surface area (Å²) < 4.78 is 1.35. The number of aryl methyl sites for hydroxylation is 2. The normalized spacial score (nSPS) is 20.0. The fourth-order valence-corrected chi connectivity index (χ4v) is 4.25. The number of hydrogen-bond donors (Lipinski definition) is 2. The molecule has 3 atom stereocenters. The first-order valence-electron chi connectivity index (χ1n) is 10.2. The Labute approximate surface area is 171 Å². The molecule has 6 heteroatoms. The number of hydrogen-bond acceptors (Lipinski definition) is 3. The van der Waals surface area contributed by atoms with E-state index in [2.05, 4.69) is 17.6 Å². The highest BCUT2D eigenvalue weighted by Crippen LogP contribution is 2.38. The molecule has 0 saturated heterocycles. The lowest BCUT2D eigenvalue weighted by atomic mass is 9.76. The van der Waals surface area contributed by atoms with Gasteiger partial charge in [-0.3, -0.25) is 14.4 Å². The third-order valence-corrected chi connectivity index (χ3v) is 5.84. The minimum absolute atomic E-state index is 0.0916. The van der Waals surface area contributed by atoms with Gasteiger partial charge in [0, 0.05) is 13.2 Å². The van der Waals surface area contributed by atoms with Crippen LogP contribution in [0.1, 0.15) is 49.8 Å². The van der Waals surface area contributed by atoms with Crippen LogP contribution in [-0.4, -0.2) is 16.4 Å². The van der Waals surface area contributed by atoms with Gasteiger partial charge in [-0.05, 0) is 54.9 Å². The standard InChI is InChI=1S/C23H29N3O3/c1-15-8-6-10-17(14-15)20(18-11-5-4-9-16(18)2)25-22(28)21(27)24-19-12-7-13-26(3)23(19)29/h4-5,7,9,11-13,15,17,20H,6,8,10,14H2,1-3H3,(H,24,27)(H,25,28). The lowest BCUT2D eigenvalue weighted by molar-refractivity contribution is -0.137. The number of pyridine rings is 1. The van der Waals surface area contributed by atoms with Crippen LogP contribution in [0, 0.1) is 18.8 Å². The number of aromatic nitrogens is 1. The number of nitrogens with zero attached hydrogens (tertiary/aromatic N) is 1. The van der Waals surface area contributed by atoms with Gasteiger partial charge in [0.2, 0.25) is 0 Å². The average Bonchev–Trinajstić information content (AvgIpc) is 2.70. The summed E-state index contributed by atoms with van der Waals surface area (Å²) in [6, 6.07) is 10.9. The Hall–Kier alpha value is -2.89. The van der Waals surface area contributed by atoms with Crippen LogP contribution in [0.3, 0.4) is 0 Å². The molecule has 0 spiro atoms. The molecule has 6 nitrogen and oxygen atoms in total. The van der Waals surface area contributed by atoms with Crippen molar-refractivity contribution in [3.63, 3.8) is 0 Å². The van der Waals surface area contributed by atoms with Crippen molar-refractivity contribution in [1.29, 1.82) is 0 Å². The molecule has 0 aliphatic heterocycles. The van der Waals surface area contributed by atoms with Crippen molar-refractivity contribution in [2.75, 3.05) is 5.32 Å². The Morgan fingerprint density at radius 2 is 1.86 bits per heavy atom. The van der Waals surface area contributed by atoms with Gasteiger partial charge < -0.3 is 15.2 Å². The molecule has 0 bridgehead atoms. The molecule has 3 rings (SSSR count). The summed E-state index contributed by atoms with van der Waals surface area (Å²) >= 11 is 0. The van der Waals surface area contributed by atoms with E-state index in [4.69, 9.17) is 0 Å². The highest BCUT2D eigenvalue weighted by Gasteiger charge is 2.31. The second-order valence-corrected chi connectivity index (χ2v) is 8.13. The van der Waals surface area contributed by atoms with Crippen LogP contribution in [0.15, 0.2) is 47.4 Å². The highest BCUT2D eigenvalue weighted by atomic mass is 16.2. The van der Waals surface area contributed by atoms with Gasteiger partial charge in [-0.15, -0.1) is 0 Å². The molecule has 2 aromatic rings. The molecule has 1 saturated carbocycles. The number of nitrogens with one attached hydrogen (secondary N) is 2. The van der Waals surface area contributed by atoms with Crippen molar-refractivity contribution in [3.8, 4) is 0 Å². The fourth-order valence-electron chi connectivity index (χ4n) is 4.25. The van der Waals surface area contributed by atoms with Gasteiger partial charge in [0.1, 0.15) is 5.69 Å². The number of rotatable bonds is 4. The van der Waals surface area contributed by atoms with Crippen molar-refractivity contribution in [2.24, 2.45) is 18.9 Å². The van der Waals surface area contributed by atoms with E-state index < -0.39 is 11.8 Å². The molecule has 1 aromatic carbocycles. The zero-order valence-electron chi connectivity index (χ0n) is 17.3. The molecule has 1 fully saturated rings. The second-order valence-electron chi connectivity index (χ2n) is 8.13. The van der Waals surface area contributed by atoms with Gasteiger partial charge in [0.25, 0.3) is 5.56 Å². The molecule has 29 heavy (non-hydrogen) atoms. The Bertz CT molecular complexity index is 950. The quantitative estimate of drug-likeness (QED) is 0.780. The van der Waals surface area contributed by atoms with Gasteiger partial charge in [0.15, 0.2) is 0 Å². The average molecular weight is 396 g/mol. The molecular formula is C23H29N3O3. The molecule has 154 valence electrons. The predicted molar refractivity (Wildman–Crippen MR) is 113 cm³/mol. The maximum atomic E-state index is 12.7. The van der Waals surface area contributed by atoms with Gasteiger partial charge in [-0.25, -0.2) is 0 Å². The molecule has 2 amide bonds. The van der Waals surface area contributed by atoms with E-state index in [1.54, 1.807) is 19.3 Å². The lowest BCUT2D eigenvalue weighted by Crippen LogP contribution is -2.42. The molecule has 1 heterocycles. The van der Waals surface area contributed by atoms with E-state index in [0.29, 0.717) is 5.92 Å². The van der Waals surface area contributed by atoms with Gasteiger partial charge in [-0.1, -0.05) is 44.0 Å². The predicted octanol–water partition coefficient (Wildman–Crippen LogP) is 3.32. The van der Waals surface area contributed by atoms with E-state index in [0.717, 1.165) is 30.4 Å². The van der Waals surface area contributed by atoms with Gasteiger partial charge >= 0.3 is 11.8 Å². The second kappa shape index (κ2) is 9.07. The largest absolute Gasteiger partial charge is 0.341 e. The zero-order valence-corrected chi connectivity index (χ0v) is 17.3. The fraction of sp³-hybridized carbons (Fsp3) is 0.435. The summed E-state index contributed by atoms with van der Waals surface area (Å²) in [4.78, 5) is 37.3. The number of benzene rings is 1. The molecule has 2 N–H and O–H groups in total. The molecule has 1 aliphatic rings. The summed E-state index contributed by atoms with van der Waals surface area (Å²) in [5, 5.41) is 5.41. The summed E-state index contributed by atoms with van der Waals surface area (Å²) in [6.45, 7) is 4.26. The Morgan fingerprint density at radius 3 is 2.59 bits per heavy atom. The molecule has 1 aromatic heterocycles. The smallest absolute Gasteiger partial charge is 0.313 e. The maximum Gasteiger partial charge on any atom is 0.313 e. The monoisotopic (exact) mass is 395 g/mol. The maximum absolute atomic E-state index is 12.7. The van der Waals surface area contributed by atoms with Gasteiger partial charge in [-0.2, -0.15) is 0 Å². The first-order valence-corrected chi connectivity index (χ1v) is 10.2. The number of carbonyl (C=O) groups is 2. The van der Waals surface area contributed by atoms with Crippen molar-refractivity contribution in [2.45, 2.75) is 45.6 Å². The van der Waals surface area contributed by atoms with Gasteiger partial charge in [0.05, 0.1) is 6.04 Å². The number of amides is 2. The van der Waals surface area contributed by atoms with Crippen LogP contribution in [0.2, 0.25) is 0 Å². The van der Waals surface area contributed by atoms with Crippen molar-refractivity contribution in [3.05, 3.63) is 64.1 Å². The van der Waals surface area contributed by atoms with Crippen LogP contribution in [0.4, 0.5) is 5.69 Å². The Morgan fingerprint density at radius 1 is 1.10 bits per heavy atom. The Kier molecular flexibility index (Phi) is 6.52. The van der Waals surface area contributed by atoms with E-state index in [9.17, 15) is 14.4 Å². The minimum Gasteiger partial charge on any atom is -0.341 e. The molecule has 0 radical (unpaired) electrons. The van der Waals surface area contributed by atoms with Crippen LogP contribution < -0.4 is 16.2 Å². The van der Waals surface area contributed by atoms with E-state index >= 15 is 0 Å². The van der Waals surface area contributed by atoms with Crippen LogP contribution >= 0.6 is 0 Å². The zero-order chi connectivity index (χ0) is 21.0. The first kappa shape index (κ1) is 20.8. The van der Waals surface area contributed by atoms with E-state index in [1.165, 1.54) is 17.1 Å². The Balaban J connectivity index is 1.80. The third-order valence-electron chi connectivity index (χ3n) is 5.84. The van der Waals surface area contributed by atoms with Crippen LogP contribution in [0.25, 0.3) is 0 Å². The van der Waals surface area contributed by atoms with E-state index in [1.807, 2.05) is 31.2 Å². The summed E-state index contributed by atoms with van der Waals surface area (Å²) in [7, 11) is 1.59.